The molecule has 0 bridgehead atoms. The number of nitrogens with zero attached hydrogens (tertiary/aromatic N) is 1. The van der Waals surface area contributed by atoms with Crippen LogP contribution in [0.25, 0.3) is 0 Å². The van der Waals surface area contributed by atoms with E-state index in [9.17, 15) is 34.5 Å². The van der Waals surface area contributed by atoms with Crippen molar-refractivity contribution in [3.05, 3.63) is 34.9 Å². The van der Waals surface area contributed by atoms with Gasteiger partial charge in [0, 0.05) is 24.4 Å². The number of ether oxygens (including phenoxy) is 3. The molecule has 2 fully saturated rings. The monoisotopic (exact) mass is 626 g/mol. The van der Waals surface area contributed by atoms with Crippen LogP contribution in [0, 0.1) is 12.3 Å². The van der Waals surface area contributed by atoms with Gasteiger partial charge in [-0.1, -0.05) is 36.1 Å². The number of carboxylic acid groups (broad SMARTS) is 2. The van der Waals surface area contributed by atoms with Gasteiger partial charge in [0.25, 0.3) is 11.7 Å². The Morgan fingerprint density at radius 1 is 1.16 bits per heavy atom. The summed E-state index contributed by atoms with van der Waals surface area (Å²) in [5.41, 5.74) is 0.666. The van der Waals surface area contributed by atoms with E-state index in [1.807, 2.05) is 0 Å². The van der Waals surface area contributed by atoms with Crippen LogP contribution in [0.1, 0.15) is 37.7 Å². The molecule has 2 saturated heterocycles. The van der Waals surface area contributed by atoms with E-state index in [1.54, 1.807) is 24.3 Å². The van der Waals surface area contributed by atoms with E-state index in [-0.39, 0.29) is 32.6 Å². The van der Waals surface area contributed by atoms with E-state index < -0.39 is 73.0 Å². The third kappa shape index (κ3) is 9.10. The summed E-state index contributed by atoms with van der Waals surface area (Å²) in [6.45, 7) is -1.72. The number of halogens is 1. The van der Waals surface area contributed by atoms with Crippen LogP contribution in [-0.2, 0) is 44.6 Å². The molecule has 0 saturated carbocycles. The minimum Gasteiger partial charge on any atom is -0.481 e. The van der Waals surface area contributed by atoms with Gasteiger partial charge in [0.05, 0.1) is 19.1 Å². The Morgan fingerprint density at radius 3 is 2.51 bits per heavy atom. The van der Waals surface area contributed by atoms with E-state index in [1.165, 1.54) is 0 Å². The molecule has 0 spiro atoms. The topological polar surface area (TPSA) is 201 Å². The Balaban J connectivity index is 1.80. The predicted octanol–water partition coefficient (Wildman–Crippen LogP) is 0.113. The Labute approximate surface area is 252 Å². The van der Waals surface area contributed by atoms with Gasteiger partial charge < -0.3 is 40.0 Å². The summed E-state index contributed by atoms with van der Waals surface area (Å²) >= 11 is 5.88. The second-order valence-electron chi connectivity index (χ2n) is 10.1. The highest BCUT2D eigenvalue weighted by molar-refractivity contribution is 6.30. The smallest absolute Gasteiger partial charge is 0.364 e. The van der Waals surface area contributed by atoms with Crippen LogP contribution in [0.2, 0.25) is 5.02 Å². The number of nitrogens with one attached hydrogen (secondary N) is 1. The molecule has 236 valence electrons. The maximum absolute atomic E-state index is 12.7. The number of fused-ring (bicyclic) bond motifs is 1. The lowest BCUT2D eigenvalue weighted by molar-refractivity contribution is -0.375. The summed E-state index contributed by atoms with van der Waals surface area (Å²) < 4.78 is 17.3. The molecule has 0 aromatic heterocycles. The fourth-order valence-electron chi connectivity index (χ4n) is 4.90. The number of carbonyl (C=O) groups is 4. The molecule has 2 amide bonds. The average Bonchev–Trinajstić information content (AvgIpc) is 2.98. The molecule has 2 heterocycles. The fraction of sp³-hybridized carbons (Fsp3) is 0.571. The minimum absolute atomic E-state index is 0.0216. The lowest BCUT2D eigenvalue weighted by Gasteiger charge is -2.54. The number of benzene rings is 1. The highest BCUT2D eigenvalue weighted by atomic mass is 35.5. The fourth-order valence-corrected chi connectivity index (χ4v) is 5.02. The van der Waals surface area contributed by atoms with Gasteiger partial charge in [-0.2, -0.15) is 0 Å². The quantitative estimate of drug-likeness (QED) is 0.130. The Morgan fingerprint density at radius 2 is 1.88 bits per heavy atom. The Hall–Kier alpha value is -3.29. The molecule has 1 aromatic carbocycles. The first kappa shape index (κ1) is 34.2. The highest BCUT2D eigenvalue weighted by Crippen LogP contribution is 2.40. The normalized spacial score (nSPS) is 26.7. The van der Waals surface area contributed by atoms with Gasteiger partial charge in [-0.25, -0.2) is 9.86 Å². The van der Waals surface area contributed by atoms with E-state index in [0.29, 0.717) is 29.8 Å². The van der Waals surface area contributed by atoms with Gasteiger partial charge in [0.2, 0.25) is 5.91 Å². The van der Waals surface area contributed by atoms with Crippen molar-refractivity contribution in [3.8, 4) is 12.3 Å². The number of hydrogen-bond acceptors (Lipinski definition) is 10. The summed E-state index contributed by atoms with van der Waals surface area (Å²) in [5.74, 6) is -3.92. The third-order valence-electron chi connectivity index (χ3n) is 6.99. The van der Waals surface area contributed by atoms with Crippen LogP contribution in [0.15, 0.2) is 24.3 Å². The van der Waals surface area contributed by atoms with Gasteiger partial charge >= 0.3 is 11.9 Å². The van der Waals surface area contributed by atoms with Crippen molar-refractivity contribution in [2.75, 3.05) is 26.4 Å². The van der Waals surface area contributed by atoms with Crippen LogP contribution in [0.4, 0.5) is 0 Å². The van der Waals surface area contributed by atoms with Gasteiger partial charge in [0.1, 0.15) is 37.6 Å². The molecule has 0 aliphatic carbocycles. The SMILES string of the molecule is C#CCO[C@H]1C[C@](OCCCCCC(=O)O)(C(=O)O)O[C@@H]2C1N(C(=O)CO)O[C@H](CNC(=O)Cc1ccc(Cl)cc1)[C@H]2O. The second kappa shape index (κ2) is 16.0. The summed E-state index contributed by atoms with van der Waals surface area (Å²) in [6.07, 6.45) is 0.377. The van der Waals surface area contributed by atoms with E-state index in [0.717, 1.165) is 5.06 Å². The molecule has 2 aliphatic rings. The number of amides is 2. The number of aliphatic hydroxyl groups is 2. The number of aliphatic hydroxyl groups excluding tert-OH is 2. The lowest BCUT2D eigenvalue weighted by atomic mass is 9.86. The maximum atomic E-state index is 12.7. The van der Waals surface area contributed by atoms with Crippen molar-refractivity contribution in [1.82, 2.24) is 10.4 Å². The summed E-state index contributed by atoms with van der Waals surface area (Å²) in [6, 6.07) is 5.36. The number of unbranched alkanes of at least 4 members (excludes halogenated alkanes) is 2. The lowest BCUT2D eigenvalue weighted by Crippen LogP contribution is -2.73. The zero-order valence-corrected chi connectivity index (χ0v) is 24.0. The van der Waals surface area contributed by atoms with Crippen LogP contribution in [0.5, 0.6) is 0 Å². The predicted molar refractivity (Wildman–Crippen MR) is 147 cm³/mol. The minimum atomic E-state index is -2.33. The highest BCUT2D eigenvalue weighted by Gasteiger charge is 2.61. The van der Waals surface area contributed by atoms with Crippen molar-refractivity contribution >= 4 is 35.4 Å². The summed E-state index contributed by atoms with van der Waals surface area (Å²) in [7, 11) is 0. The van der Waals surface area contributed by atoms with E-state index >= 15 is 0 Å². The first-order chi connectivity index (χ1) is 20.5. The van der Waals surface area contributed by atoms with Gasteiger partial charge in [-0.15, -0.1) is 6.42 Å². The number of terminal acetylenes is 1. The standard InChI is InChI=1S/C28H35ClN2O12/c1-2-11-40-19-14-28(27(38)39,41-12-5-3-4-6-23(35)36)42-26-24(19)31(22(34)16-32)43-20(25(26)37)15-30-21(33)13-17-7-9-18(29)10-8-17/h1,7-10,19-20,24-26,32,37H,3-6,11-16H2,(H,30,33)(H,35,36)(H,38,39)/t19-,20+,24?,25+,26+,28+/m0/s1. The van der Waals surface area contributed by atoms with Gasteiger partial charge in [0.15, 0.2) is 0 Å². The average molecular weight is 627 g/mol. The van der Waals surface area contributed by atoms with Crippen molar-refractivity contribution in [3.63, 3.8) is 0 Å². The molecule has 0 radical (unpaired) electrons. The van der Waals surface area contributed by atoms with E-state index in [2.05, 4.69) is 11.2 Å². The molecule has 15 heteroatoms. The molecular formula is C28H35ClN2O12. The molecule has 14 nitrogen and oxygen atoms in total. The number of hydrogen-bond donors (Lipinski definition) is 5. The Bertz CT molecular complexity index is 1180. The molecule has 1 aromatic rings. The number of carbonyl (C=O) groups excluding carboxylic acids is 2. The molecule has 5 N–H and O–H groups in total. The molecule has 6 atom stereocenters. The molecular weight excluding hydrogens is 592 g/mol. The number of carboxylic acids is 2. The zero-order chi connectivity index (χ0) is 31.6. The van der Waals surface area contributed by atoms with Crippen molar-refractivity contribution in [1.29, 1.82) is 0 Å². The number of rotatable bonds is 15. The molecule has 1 unspecified atom stereocenters. The van der Waals surface area contributed by atoms with Crippen LogP contribution < -0.4 is 5.32 Å². The van der Waals surface area contributed by atoms with Crippen molar-refractivity contribution in [2.24, 2.45) is 0 Å². The van der Waals surface area contributed by atoms with Crippen LogP contribution >= 0.6 is 11.6 Å². The summed E-state index contributed by atoms with van der Waals surface area (Å²) in [5, 5.41) is 43.8. The van der Waals surface area contributed by atoms with Crippen LogP contribution in [0.3, 0.4) is 0 Å². The van der Waals surface area contributed by atoms with Gasteiger partial charge in [-0.3, -0.25) is 19.2 Å². The zero-order valence-electron chi connectivity index (χ0n) is 23.2. The second-order valence-corrected chi connectivity index (χ2v) is 10.5. The third-order valence-corrected chi connectivity index (χ3v) is 7.24. The molecule has 43 heavy (non-hydrogen) atoms. The molecule has 3 rings (SSSR count). The van der Waals surface area contributed by atoms with E-state index in [4.69, 9.17) is 42.2 Å². The Kier molecular flexibility index (Phi) is 12.7. The van der Waals surface area contributed by atoms with Crippen LogP contribution in [-0.4, -0.2) is 112 Å². The largest absolute Gasteiger partial charge is 0.481 e. The summed E-state index contributed by atoms with van der Waals surface area (Å²) in [4.78, 5) is 54.3. The number of aliphatic carboxylic acids is 2. The van der Waals surface area contributed by atoms with Crippen molar-refractivity contribution in [2.45, 2.75) is 74.8 Å². The molecule has 2 aliphatic heterocycles. The first-order valence-corrected chi connectivity index (χ1v) is 14.0. The van der Waals surface area contributed by atoms with Gasteiger partial charge in [-0.05, 0) is 30.5 Å². The first-order valence-electron chi connectivity index (χ1n) is 13.6. The number of hydroxylamine groups is 2. The van der Waals surface area contributed by atoms with Crippen molar-refractivity contribution < 1.29 is 58.7 Å². The maximum Gasteiger partial charge on any atom is 0.364 e.